The van der Waals surface area contributed by atoms with Crippen molar-refractivity contribution >= 4 is 34.8 Å². The van der Waals surface area contributed by atoms with Crippen LogP contribution in [0.4, 0.5) is 11.4 Å². The zero-order valence-corrected chi connectivity index (χ0v) is 15.5. The molecular formula is C20H22ClN3O2. The smallest absolute Gasteiger partial charge is 0.253 e. The van der Waals surface area contributed by atoms with Gasteiger partial charge in [0.05, 0.1) is 6.54 Å². The Morgan fingerprint density at radius 2 is 1.69 bits per heavy atom. The molecule has 0 aromatic heterocycles. The molecule has 0 saturated carbocycles. The number of anilines is 2. The maximum Gasteiger partial charge on any atom is 0.253 e. The van der Waals surface area contributed by atoms with Gasteiger partial charge in [-0.2, -0.15) is 0 Å². The lowest BCUT2D eigenvalue weighted by molar-refractivity contribution is -0.114. The van der Waals surface area contributed by atoms with Crippen molar-refractivity contribution in [1.29, 1.82) is 0 Å². The van der Waals surface area contributed by atoms with E-state index in [9.17, 15) is 9.59 Å². The van der Waals surface area contributed by atoms with Crippen LogP contribution in [0.1, 0.15) is 28.8 Å². The molecule has 1 aliphatic rings. The van der Waals surface area contributed by atoms with Crippen LogP contribution in [0.5, 0.6) is 0 Å². The average molecular weight is 372 g/mol. The zero-order chi connectivity index (χ0) is 18.5. The van der Waals surface area contributed by atoms with Gasteiger partial charge in [-0.3, -0.25) is 9.59 Å². The molecule has 0 unspecified atom stereocenters. The monoisotopic (exact) mass is 371 g/mol. The molecule has 0 radical (unpaired) electrons. The van der Waals surface area contributed by atoms with Gasteiger partial charge in [-0.15, -0.1) is 0 Å². The number of benzene rings is 2. The van der Waals surface area contributed by atoms with Gasteiger partial charge in [0.25, 0.3) is 5.91 Å². The molecule has 26 heavy (non-hydrogen) atoms. The predicted octanol–water partition coefficient (Wildman–Crippen LogP) is 3.94. The number of hydrogen-bond donors (Lipinski definition) is 2. The molecule has 1 saturated heterocycles. The van der Waals surface area contributed by atoms with E-state index in [4.69, 9.17) is 11.6 Å². The highest BCUT2D eigenvalue weighted by molar-refractivity contribution is 6.31. The van der Waals surface area contributed by atoms with Crippen molar-refractivity contribution in [2.24, 2.45) is 0 Å². The third kappa shape index (κ3) is 4.55. The summed E-state index contributed by atoms with van der Waals surface area (Å²) in [5.74, 6) is -0.0924. The van der Waals surface area contributed by atoms with Crippen LogP contribution in [0.2, 0.25) is 5.02 Å². The molecule has 2 aromatic rings. The van der Waals surface area contributed by atoms with Gasteiger partial charge in [-0.1, -0.05) is 17.7 Å². The van der Waals surface area contributed by atoms with Crippen LogP contribution in [-0.4, -0.2) is 36.3 Å². The Morgan fingerprint density at radius 3 is 2.35 bits per heavy atom. The minimum atomic E-state index is -0.165. The molecule has 0 atom stereocenters. The molecule has 0 bridgehead atoms. The lowest BCUT2D eigenvalue weighted by Gasteiger charge is -2.15. The minimum Gasteiger partial charge on any atom is -0.376 e. The maximum atomic E-state index is 12.3. The summed E-state index contributed by atoms with van der Waals surface area (Å²) in [7, 11) is 0. The van der Waals surface area contributed by atoms with Crippen LogP contribution in [0.15, 0.2) is 42.5 Å². The van der Waals surface area contributed by atoms with Crippen LogP contribution in [0.3, 0.4) is 0 Å². The first-order valence-corrected chi connectivity index (χ1v) is 9.10. The van der Waals surface area contributed by atoms with Gasteiger partial charge in [0.1, 0.15) is 0 Å². The number of rotatable bonds is 5. The number of hydrogen-bond acceptors (Lipinski definition) is 3. The minimum absolute atomic E-state index is 0.0723. The molecular weight excluding hydrogens is 350 g/mol. The maximum absolute atomic E-state index is 12.3. The Morgan fingerprint density at radius 1 is 1.04 bits per heavy atom. The lowest BCUT2D eigenvalue weighted by atomic mass is 10.2. The molecule has 0 spiro atoms. The van der Waals surface area contributed by atoms with Crippen molar-refractivity contribution in [3.8, 4) is 0 Å². The van der Waals surface area contributed by atoms with Gasteiger partial charge >= 0.3 is 0 Å². The van der Waals surface area contributed by atoms with Crippen LogP contribution >= 0.6 is 11.6 Å². The summed E-state index contributed by atoms with van der Waals surface area (Å²) in [4.78, 5) is 26.2. The highest BCUT2D eigenvalue weighted by Crippen LogP contribution is 2.20. The van der Waals surface area contributed by atoms with E-state index in [1.54, 1.807) is 18.2 Å². The Hall–Kier alpha value is -2.53. The number of carbonyl (C=O) groups is 2. The molecule has 6 heteroatoms. The van der Waals surface area contributed by atoms with Crippen molar-refractivity contribution in [3.05, 3.63) is 58.6 Å². The second-order valence-corrected chi connectivity index (χ2v) is 6.85. The fourth-order valence-corrected chi connectivity index (χ4v) is 3.07. The first kappa shape index (κ1) is 18.3. The third-order valence-corrected chi connectivity index (χ3v) is 4.84. The number of amides is 2. The summed E-state index contributed by atoms with van der Waals surface area (Å²) in [5, 5.41) is 6.48. The normalized spacial score (nSPS) is 13.5. The largest absolute Gasteiger partial charge is 0.376 e. The third-order valence-electron chi connectivity index (χ3n) is 4.43. The molecule has 1 fully saturated rings. The molecule has 1 aliphatic heterocycles. The van der Waals surface area contributed by atoms with Crippen molar-refractivity contribution in [1.82, 2.24) is 4.90 Å². The second kappa shape index (κ2) is 8.23. The van der Waals surface area contributed by atoms with Crippen molar-refractivity contribution < 1.29 is 9.59 Å². The second-order valence-electron chi connectivity index (χ2n) is 6.44. The quantitative estimate of drug-likeness (QED) is 0.837. The highest BCUT2D eigenvalue weighted by atomic mass is 35.5. The lowest BCUT2D eigenvalue weighted by Crippen LogP contribution is -2.27. The van der Waals surface area contributed by atoms with Gasteiger partial charge < -0.3 is 15.5 Å². The summed E-state index contributed by atoms with van der Waals surface area (Å²) in [6, 6.07) is 12.6. The van der Waals surface area contributed by atoms with Crippen molar-refractivity contribution in [2.45, 2.75) is 19.8 Å². The van der Waals surface area contributed by atoms with E-state index in [-0.39, 0.29) is 18.4 Å². The SMILES string of the molecule is Cc1ccc(NC(=O)CNc2ccc(C(=O)N3CCCC3)cc2)cc1Cl. The van der Waals surface area contributed by atoms with Crippen molar-refractivity contribution in [2.75, 3.05) is 30.3 Å². The Bertz CT molecular complexity index is 799. The van der Waals surface area contributed by atoms with Crippen LogP contribution in [-0.2, 0) is 4.79 Å². The first-order chi connectivity index (χ1) is 12.5. The average Bonchev–Trinajstić information content (AvgIpc) is 3.18. The molecule has 2 N–H and O–H groups in total. The number of aryl methyl sites for hydroxylation is 1. The zero-order valence-electron chi connectivity index (χ0n) is 14.7. The van der Waals surface area contributed by atoms with E-state index in [0.29, 0.717) is 16.3 Å². The topological polar surface area (TPSA) is 61.4 Å². The molecule has 2 aromatic carbocycles. The van der Waals surface area contributed by atoms with Gasteiger partial charge in [0, 0.05) is 35.1 Å². The molecule has 136 valence electrons. The Balaban J connectivity index is 1.51. The molecule has 0 aliphatic carbocycles. The summed E-state index contributed by atoms with van der Waals surface area (Å²) in [6.45, 7) is 3.71. The van der Waals surface area contributed by atoms with Gasteiger partial charge in [-0.05, 0) is 61.7 Å². The van der Waals surface area contributed by atoms with E-state index < -0.39 is 0 Å². The van der Waals surface area contributed by atoms with Crippen LogP contribution in [0.25, 0.3) is 0 Å². The fourth-order valence-electron chi connectivity index (χ4n) is 2.89. The van der Waals surface area contributed by atoms with Crippen LogP contribution in [0, 0.1) is 6.92 Å². The molecule has 3 rings (SSSR count). The first-order valence-electron chi connectivity index (χ1n) is 8.72. The summed E-state index contributed by atoms with van der Waals surface area (Å²) < 4.78 is 0. The number of halogens is 1. The Labute approximate surface area is 158 Å². The van der Waals surface area contributed by atoms with Gasteiger partial charge in [-0.25, -0.2) is 0 Å². The van der Waals surface area contributed by atoms with E-state index in [1.165, 1.54) is 0 Å². The van der Waals surface area contributed by atoms with E-state index in [2.05, 4.69) is 10.6 Å². The van der Waals surface area contributed by atoms with Crippen molar-refractivity contribution in [3.63, 3.8) is 0 Å². The summed E-state index contributed by atoms with van der Waals surface area (Å²) >= 11 is 6.06. The Kier molecular flexibility index (Phi) is 5.78. The molecule has 1 heterocycles. The molecule has 2 amide bonds. The predicted molar refractivity (Wildman–Crippen MR) is 105 cm³/mol. The van der Waals surface area contributed by atoms with E-state index in [1.807, 2.05) is 36.1 Å². The van der Waals surface area contributed by atoms with Crippen LogP contribution < -0.4 is 10.6 Å². The number of nitrogens with one attached hydrogen (secondary N) is 2. The van der Waals surface area contributed by atoms with E-state index >= 15 is 0 Å². The molecule has 5 nitrogen and oxygen atoms in total. The summed E-state index contributed by atoms with van der Waals surface area (Å²) in [6.07, 6.45) is 2.15. The summed E-state index contributed by atoms with van der Waals surface area (Å²) in [5.41, 5.74) is 3.10. The highest BCUT2D eigenvalue weighted by Gasteiger charge is 2.19. The van der Waals surface area contributed by atoms with Gasteiger partial charge in [0.15, 0.2) is 0 Å². The number of carbonyl (C=O) groups excluding carboxylic acids is 2. The number of nitrogens with zero attached hydrogens (tertiary/aromatic N) is 1. The van der Waals surface area contributed by atoms with E-state index in [0.717, 1.165) is 37.2 Å². The standard InChI is InChI=1S/C20H22ClN3O2/c1-14-4-7-17(12-18(14)21)23-19(25)13-22-16-8-5-15(6-9-16)20(26)24-10-2-3-11-24/h4-9,12,22H,2-3,10-11,13H2,1H3,(H,23,25). The fraction of sp³-hybridized carbons (Fsp3) is 0.300. The number of likely N-dealkylation sites (tertiary alicyclic amines) is 1. The van der Waals surface area contributed by atoms with Gasteiger partial charge in [0.2, 0.25) is 5.91 Å².